The molecule has 0 spiro atoms. The summed E-state index contributed by atoms with van der Waals surface area (Å²) in [4.78, 5) is 0. The molecule has 0 N–H and O–H groups in total. The van der Waals surface area contributed by atoms with Crippen molar-refractivity contribution in [1.82, 2.24) is 0 Å². The lowest BCUT2D eigenvalue weighted by atomic mass is 9.91. The van der Waals surface area contributed by atoms with E-state index >= 15 is 0 Å². The van der Waals surface area contributed by atoms with Crippen molar-refractivity contribution in [3.05, 3.63) is 0 Å². The molecule has 0 saturated carbocycles. The lowest BCUT2D eigenvalue weighted by molar-refractivity contribution is -0.243. The maximum absolute atomic E-state index is 5.71. The van der Waals surface area contributed by atoms with Crippen molar-refractivity contribution in [2.75, 3.05) is 0 Å². The Labute approximate surface area is 81.6 Å². The van der Waals surface area contributed by atoms with E-state index in [1.807, 2.05) is 0 Å². The Balaban J connectivity index is 2.42. The molecule has 1 heterocycles. The van der Waals surface area contributed by atoms with E-state index < -0.39 is 0 Å². The summed E-state index contributed by atoms with van der Waals surface area (Å²) in [5.41, 5.74) is 0.279. The first-order valence-corrected chi connectivity index (χ1v) is 5.18. The van der Waals surface area contributed by atoms with Gasteiger partial charge in [-0.25, -0.2) is 0 Å². The second kappa shape index (κ2) is 3.97. The standard InChI is InChI=1S/C11H22O2/c1-8-6-9(2)13-10(12-8)7-11(3,4)5/h8-10H,6-7H2,1-5H3. The molecule has 0 aliphatic carbocycles. The van der Waals surface area contributed by atoms with Crippen molar-refractivity contribution < 1.29 is 9.47 Å². The summed E-state index contributed by atoms with van der Waals surface area (Å²) in [6.45, 7) is 10.9. The second-order valence-corrected chi connectivity index (χ2v) is 5.32. The molecule has 13 heavy (non-hydrogen) atoms. The van der Waals surface area contributed by atoms with E-state index in [9.17, 15) is 0 Å². The maximum atomic E-state index is 5.71. The van der Waals surface area contributed by atoms with Crippen molar-refractivity contribution in [2.24, 2.45) is 5.41 Å². The van der Waals surface area contributed by atoms with Gasteiger partial charge in [0.1, 0.15) is 0 Å². The smallest absolute Gasteiger partial charge is 0.158 e. The highest BCUT2D eigenvalue weighted by Gasteiger charge is 2.28. The Morgan fingerprint density at radius 2 is 1.54 bits per heavy atom. The van der Waals surface area contributed by atoms with Gasteiger partial charge in [-0.1, -0.05) is 20.8 Å². The van der Waals surface area contributed by atoms with Gasteiger partial charge in [0.2, 0.25) is 0 Å². The third kappa shape index (κ3) is 4.10. The highest BCUT2D eigenvalue weighted by atomic mass is 16.7. The zero-order valence-electron chi connectivity index (χ0n) is 9.46. The van der Waals surface area contributed by atoms with E-state index in [1.54, 1.807) is 0 Å². The van der Waals surface area contributed by atoms with Crippen LogP contribution in [-0.4, -0.2) is 18.5 Å². The topological polar surface area (TPSA) is 18.5 Å². The molecule has 2 atom stereocenters. The van der Waals surface area contributed by atoms with E-state index in [-0.39, 0.29) is 11.7 Å². The normalized spacial score (nSPS) is 36.2. The SMILES string of the molecule is CC1CC(C)OC(CC(C)(C)C)O1. The highest BCUT2D eigenvalue weighted by Crippen LogP contribution is 2.28. The van der Waals surface area contributed by atoms with Crippen molar-refractivity contribution in [3.8, 4) is 0 Å². The molecule has 1 aliphatic heterocycles. The fourth-order valence-electron chi connectivity index (χ4n) is 1.73. The van der Waals surface area contributed by atoms with E-state index in [1.165, 1.54) is 0 Å². The Hall–Kier alpha value is -0.0800. The summed E-state index contributed by atoms with van der Waals surface area (Å²) in [6.07, 6.45) is 2.67. The fourth-order valence-corrected chi connectivity index (χ4v) is 1.73. The summed E-state index contributed by atoms with van der Waals surface area (Å²) >= 11 is 0. The Kier molecular flexibility index (Phi) is 3.36. The van der Waals surface area contributed by atoms with Crippen molar-refractivity contribution >= 4 is 0 Å². The average molecular weight is 186 g/mol. The molecular formula is C11H22O2. The monoisotopic (exact) mass is 186 g/mol. The predicted octanol–water partition coefficient (Wildman–Crippen LogP) is 2.96. The highest BCUT2D eigenvalue weighted by molar-refractivity contribution is 4.70. The predicted molar refractivity (Wildman–Crippen MR) is 53.6 cm³/mol. The first-order chi connectivity index (χ1) is 5.87. The summed E-state index contributed by atoms with van der Waals surface area (Å²) < 4.78 is 11.4. The van der Waals surface area contributed by atoms with Crippen LogP contribution in [0.3, 0.4) is 0 Å². The first-order valence-electron chi connectivity index (χ1n) is 5.18. The number of ether oxygens (including phenoxy) is 2. The largest absolute Gasteiger partial charge is 0.350 e. The summed E-state index contributed by atoms with van der Waals surface area (Å²) in [6, 6.07) is 0. The third-order valence-corrected chi connectivity index (χ3v) is 2.21. The second-order valence-electron chi connectivity index (χ2n) is 5.32. The van der Waals surface area contributed by atoms with Gasteiger partial charge in [-0.3, -0.25) is 0 Å². The van der Waals surface area contributed by atoms with Gasteiger partial charge in [0, 0.05) is 6.42 Å². The molecule has 1 saturated heterocycles. The van der Waals surface area contributed by atoms with Crippen LogP contribution in [0.25, 0.3) is 0 Å². The summed E-state index contributed by atoms with van der Waals surface area (Å²) in [5, 5.41) is 0. The van der Waals surface area contributed by atoms with Gasteiger partial charge in [-0.15, -0.1) is 0 Å². The summed E-state index contributed by atoms with van der Waals surface area (Å²) in [5.74, 6) is 0. The van der Waals surface area contributed by atoms with Gasteiger partial charge in [-0.05, 0) is 25.7 Å². The molecule has 1 fully saturated rings. The number of hydrogen-bond acceptors (Lipinski definition) is 2. The van der Waals surface area contributed by atoms with Gasteiger partial charge in [0.05, 0.1) is 12.2 Å². The zero-order valence-corrected chi connectivity index (χ0v) is 9.46. The van der Waals surface area contributed by atoms with Crippen LogP contribution in [-0.2, 0) is 9.47 Å². The van der Waals surface area contributed by atoms with Crippen LogP contribution < -0.4 is 0 Å². The van der Waals surface area contributed by atoms with Crippen LogP contribution >= 0.6 is 0 Å². The first kappa shape index (κ1) is 11.0. The van der Waals surface area contributed by atoms with Gasteiger partial charge >= 0.3 is 0 Å². The van der Waals surface area contributed by atoms with Crippen LogP contribution in [0, 0.1) is 5.41 Å². The quantitative estimate of drug-likeness (QED) is 0.627. The van der Waals surface area contributed by atoms with Crippen LogP contribution in [0.4, 0.5) is 0 Å². The molecule has 0 aromatic rings. The molecule has 0 amide bonds. The molecule has 0 aromatic heterocycles. The van der Waals surface area contributed by atoms with E-state index in [0.717, 1.165) is 12.8 Å². The fraction of sp³-hybridized carbons (Fsp3) is 1.00. The van der Waals surface area contributed by atoms with Crippen LogP contribution in [0.15, 0.2) is 0 Å². The van der Waals surface area contributed by atoms with E-state index in [2.05, 4.69) is 34.6 Å². The molecule has 0 radical (unpaired) electrons. The van der Waals surface area contributed by atoms with Crippen molar-refractivity contribution in [1.29, 1.82) is 0 Å². The van der Waals surface area contributed by atoms with Gasteiger partial charge in [0.15, 0.2) is 6.29 Å². The van der Waals surface area contributed by atoms with E-state index in [4.69, 9.17) is 9.47 Å². The zero-order chi connectivity index (χ0) is 10.1. The maximum Gasteiger partial charge on any atom is 0.158 e. The Morgan fingerprint density at radius 3 is 1.92 bits per heavy atom. The van der Waals surface area contributed by atoms with Crippen LogP contribution in [0.5, 0.6) is 0 Å². The average Bonchev–Trinajstić information content (AvgIpc) is 1.78. The molecule has 78 valence electrons. The Bertz CT molecular complexity index is 150. The summed E-state index contributed by atoms with van der Waals surface area (Å²) in [7, 11) is 0. The van der Waals surface area contributed by atoms with Crippen molar-refractivity contribution in [3.63, 3.8) is 0 Å². The van der Waals surface area contributed by atoms with Crippen molar-refractivity contribution in [2.45, 2.75) is 66.0 Å². The van der Waals surface area contributed by atoms with E-state index in [0.29, 0.717) is 12.2 Å². The van der Waals surface area contributed by atoms with Crippen LogP contribution in [0.1, 0.15) is 47.5 Å². The minimum Gasteiger partial charge on any atom is -0.350 e. The Morgan fingerprint density at radius 1 is 1.08 bits per heavy atom. The minimum absolute atomic E-state index is 0.00116. The molecule has 2 nitrogen and oxygen atoms in total. The number of hydrogen-bond donors (Lipinski definition) is 0. The molecule has 2 unspecified atom stereocenters. The molecule has 1 aliphatic rings. The molecule has 0 aromatic carbocycles. The number of rotatable bonds is 1. The van der Waals surface area contributed by atoms with Crippen LogP contribution in [0.2, 0.25) is 0 Å². The van der Waals surface area contributed by atoms with Gasteiger partial charge in [-0.2, -0.15) is 0 Å². The lowest BCUT2D eigenvalue weighted by Crippen LogP contribution is -2.37. The third-order valence-electron chi connectivity index (χ3n) is 2.21. The molecule has 1 rings (SSSR count). The molecule has 0 bridgehead atoms. The lowest BCUT2D eigenvalue weighted by Gasteiger charge is -2.35. The van der Waals surface area contributed by atoms with Gasteiger partial charge < -0.3 is 9.47 Å². The molecular weight excluding hydrogens is 164 g/mol. The molecule has 2 heteroatoms. The minimum atomic E-state index is -0.00116. The van der Waals surface area contributed by atoms with Gasteiger partial charge in [0.25, 0.3) is 0 Å².